The number of methoxy groups -OCH3 is 1. The molecule has 0 aliphatic carbocycles. The molecule has 0 radical (unpaired) electrons. The van der Waals surface area contributed by atoms with E-state index < -0.39 is 5.91 Å². The Morgan fingerprint density at radius 1 is 1.03 bits per heavy atom. The molecule has 8 nitrogen and oxygen atoms in total. The summed E-state index contributed by atoms with van der Waals surface area (Å²) in [6, 6.07) is 12.2. The lowest BCUT2D eigenvalue weighted by Gasteiger charge is -2.14. The van der Waals surface area contributed by atoms with Crippen LogP contribution in [0.15, 0.2) is 47.4 Å². The second-order valence-electron chi connectivity index (χ2n) is 6.86. The topological polar surface area (TPSA) is 94.2 Å². The van der Waals surface area contributed by atoms with Crippen molar-refractivity contribution in [1.82, 2.24) is 10.2 Å². The highest BCUT2D eigenvalue weighted by atomic mass is 32.2. The number of ether oxygens (including phenoxy) is 3. The molecule has 0 atom stereocenters. The minimum atomic E-state index is -0.401. The highest BCUT2D eigenvalue weighted by Crippen LogP contribution is 2.34. The molecule has 1 N–H and O–H groups in total. The van der Waals surface area contributed by atoms with Crippen LogP contribution in [0.4, 0.5) is 4.79 Å². The molecule has 1 heterocycles. The third-order valence-electron chi connectivity index (χ3n) is 4.71. The average Bonchev–Trinajstić information content (AvgIpc) is 3.08. The molecule has 0 spiro atoms. The number of carbonyl (C=O) groups is 3. The number of amides is 3. The van der Waals surface area contributed by atoms with E-state index in [0.29, 0.717) is 46.5 Å². The summed E-state index contributed by atoms with van der Waals surface area (Å²) >= 11 is 0.863. The van der Waals surface area contributed by atoms with Crippen LogP contribution < -0.4 is 19.5 Å². The second-order valence-corrected chi connectivity index (χ2v) is 7.85. The Labute approximate surface area is 196 Å². The molecule has 2 aromatic carbocycles. The molecule has 1 aliphatic rings. The van der Waals surface area contributed by atoms with Crippen LogP contribution in [0.3, 0.4) is 0 Å². The van der Waals surface area contributed by atoms with Crippen molar-refractivity contribution >= 4 is 34.9 Å². The Morgan fingerprint density at radius 3 is 2.48 bits per heavy atom. The van der Waals surface area contributed by atoms with Gasteiger partial charge in [0, 0.05) is 13.1 Å². The number of nitrogens with zero attached hydrogens (tertiary/aromatic N) is 1. The zero-order valence-corrected chi connectivity index (χ0v) is 19.6. The first-order valence-electron chi connectivity index (χ1n) is 10.5. The fourth-order valence-electron chi connectivity index (χ4n) is 3.20. The normalized spacial score (nSPS) is 14.5. The summed E-state index contributed by atoms with van der Waals surface area (Å²) in [5, 5.41) is 2.36. The van der Waals surface area contributed by atoms with Crippen molar-refractivity contribution in [2.24, 2.45) is 0 Å². The van der Waals surface area contributed by atoms with Gasteiger partial charge in [-0.05, 0) is 61.5 Å². The maximum Gasteiger partial charge on any atom is 0.293 e. The SMILES string of the molecule is CCOc1ccc(C=C2SC(=O)N(CCNC(=O)c3ccccc3OCC)C2=O)cc1OC. The molecular formula is C24H26N2O6S. The van der Waals surface area contributed by atoms with Crippen molar-refractivity contribution < 1.29 is 28.6 Å². The van der Waals surface area contributed by atoms with Crippen LogP contribution in [0, 0.1) is 0 Å². The monoisotopic (exact) mass is 470 g/mol. The summed E-state index contributed by atoms with van der Waals surface area (Å²) in [5.74, 6) is 0.897. The summed E-state index contributed by atoms with van der Waals surface area (Å²) < 4.78 is 16.3. The van der Waals surface area contributed by atoms with E-state index in [4.69, 9.17) is 14.2 Å². The van der Waals surface area contributed by atoms with Gasteiger partial charge in [-0.2, -0.15) is 0 Å². The fourth-order valence-corrected chi connectivity index (χ4v) is 4.07. The molecule has 0 saturated carbocycles. The van der Waals surface area contributed by atoms with Crippen LogP contribution in [-0.4, -0.2) is 55.4 Å². The Bertz CT molecular complexity index is 1070. The number of para-hydroxylation sites is 1. The number of imide groups is 1. The van der Waals surface area contributed by atoms with E-state index in [2.05, 4.69) is 5.32 Å². The molecule has 3 amide bonds. The highest BCUT2D eigenvalue weighted by molar-refractivity contribution is 8.18. The summed E-state index contributed by atoms with van der Waals surface area (Å²) in [5.41, 5.74) is 1.11. The van der Waals surface area contributed by atoms with E-state index in [1.807, 2.05) is 13.8 Å². The van der Waals surface area contributed by atoms with Gasteiger partial charge in [-0.3, -0.25) is 19.3 Å². The van der Waals surface area contributed by atoms with Gasteiger partial charge in [0.1, 0.15) is 5.75 Å². The first kappa shape index (κ1) is 24.2. The fraction of sp³-hybridized carbons (Fsp3) is 0.292. The van der Waals surface area contributed by atoms with Gasteiger partial charge in [0.2, 0.25) is 0 Å². The molecule has 0 bridgehead atoms. The average molecular weight is 471 g/mol. The Morgan fingerprint density at radius 2 is 1.76 bits per heavy atom. The number of rotatable bonds is 10. The van der Waals surface area contributed by atoms with Gasteiger partial charge in [-0.25, -0.2) is 0 Å². The molecule has 1 saturated heterocycles. The van der Waals surface area contributed by atoms with Gasteiger partial charge in [0.25, 0.3) is 17.1 Å². The first-order chi connectivity index (χ1) is 16.0. The second kappa shape index (κ2) is 11.4. The van der Waals surface area contributed by atoms with E-state index >= 15 is 0 Å². The molecule has 33 heavy (non-hydrogen) atoms. The maximum absolute atomic E-state index is 12.8. The summed E-state index contributed by atoms with van der Waals surface area (Å²) in [6.07, 6.45) is 1.64. The van der Waals surface area contributed by atoms with Gasteiger partial charge < -0.3 is 19.5 Å². The van der Waals surface area contributed by atoms with Crippen LogP contribution in [0.5, 0.6) is 17.2 Å². The van der Waals surface area contributed by atoms with E-state index in [9.17, 15) is 14.4 Å². The van der Waals surface area contributed by atoms with Gasteiger partial charge in [0.15, 0.2) is 11.5 Å². The van der Waals surface area contributed by atoms with E-state index in [1.54, 1.807) is 48.5 Å². The summed E-state index contributed by atoms with van der Waals surface area (Å²) in [4.78, 5) is 39.1. The lowest BCUT2D eigenvalue weighted by atomic mass is 10.2. The Balaban J connectivity index is 1.63. The zero-order valence-electron chi connectivity index (χ0n) is 18.8. The molecule has 9 heteroatoms. The molecule has 1 aliphatic heterocycles. The van der Waals surface area contributed by atoms with Crippen molar-refractivity contribution in [3.63, 3.8) is 0 Å². The zero-order chi connectivity index (χ0) is 23.8. The van der Waals surface area contributed by atoms with E-state index in [-0.39, 0.29) is 24.2 Å². The van der Waals surface area contributed by atoms with Gasteiger partial charge >= 0.3 is 0 Å². The third-order valence-corrected chi connectivity index (χ3v) is 5.62. The van der Waals surface area contributed by atoms with Crippen LogP contribution in [-0.2, 0) is 4.79 Å². The minimum absolute atomic E-state index is 0.0666. The lowest BCUT2D eigenvalue weighted by molar-refractivity contribution is -0.122. The minimum Gasteiger partial charge on any atom is -0.493 e. The van der Waals surface area contributed by atoms with Gasteiger partial charge in [-0.15, -0.1) is 0 Å². The molecule has 2 aromatic rings. The number of benzene rings is 2. The molecular weight excluding hydrogens is 444 g/mol. The van der Waals surface area contributed by atoms with E-state index in [1.165, 1.54) is 7.11 Å². The predicted molar refractivity (Wildman–Crippen MR) is 127 cm³/mol. The molecule has 0 aromatic heterocycles. The van der Waals surface area contributed by atoms with Crippen LogP contribution in [0.1, 0.15) is 29.8 Å². The number of carbonyl (C=O) groups excluding carboxylic acids is 3. The van der Waals surface area contributed by atoms with Crippen LogP contribution in [0.25, 0.3) is 6.08 Å². The quantitative estimate of drug-likeness (QED) is 0.525. The van der Waals surface area contributed by atoms with Crippen LogP contribution in [0.2, 0.25) is 0 Å². The Hall–Kier alpha value is -3.46. The number of hydrogen-bond acceptors (Lipinski definition) is 7. The standard InChI is InChI=1S/C24H26N2O6S/c1-4-31-18-9-7-6-8-17(18)22(27)25-12-13-26-23(28)21(33-24(26)29)15-16-10-11-19(32-5-2)20(14-16)30-3/h6-11,14-15H,4-5,12-13H2,1-3H3,(H,25,27). The van der Waals surface area contributed by atoms with E-state index in [0.717, 1.165) is 16.7 Å². The molecule has 0 unspecified atom stereocenters. The number of nitrogens with one attached hydrogen (secondary N) is 1. The molecule has 3 rings (SSSR count). The first-order valence-corrected chi connectivity index (χ1v) is 11.4. The summed E-state index contributed by atoms with van der Waals surface area (Å²) in [6.45, 7) is 4.85. The highest BCUT2D eigenvalue weighted by Gasteiger charge is 2.34. The van der Waals surface area contributed by atoms with Gasteiger partial charge in [0.05, 0.1) is 30.8 Å². The summed E-state index contributed by atoms with van der Waals surface area (Å²) in [7, 11) is 1.54. The van der Waals surface area contributed by atoms with Gasteiger partial charge in [-0.1, -0.05) is 18.2 Å². The van der Waals surface area contributed by atoms with Crippen molar-refractivity contribution in [2.45, 2.75) is 13.8 Å². The third kappa shape index (κ3) is 5.87. The predicted octanol–water partition coefficient (Wildman–Crippen LogP) is 3.96. The largest absolute Gasteiger partial charge is 0.493 e. The smallest absolute Gasteiger partial charge is 0.293 e. The lowest BCUT2D eigenvalue weighted by Crippen LogP contribution is -2.37. The van der Waals surface area contributed by atoms with Crippen LogP contribution >= 0.6 is 11.8 Å². The molecule has 174 valence electrons. The van der Waals surface area contributed by atoms with Crippen molar-refractivity contribution in [2.75, 3.05) is 33.4 Å². The number of thioether (sulfide) groups is 1. The number of hydrogen-bond donors (Lipinski definition) is 1. The van der Waals surface area contributed by atoms with Crippen molar-refractivity contribution in [1.29, 1.82) is 0 Å². The van der Waals surface area contributed by atoms with Crippen molar-refractivity contribution in [3.8, 4) is 17.2 Å². The van der Waals surface area contributed by atoms with Crippen molar-refractivity contribution in [3.05, 3.63) is 58.5 Å². The maximum atomic E-state index is 12.8. The Kier molecular flexibility index (Phi) is 8.37. The molecule has 1 fully saturated rings.